The van der Waals surface area contributed by atoms with Crippen molar-refractivity contribution in [1.29, 1.82) is 0 Å². The van der Waals surface area contributed by atoms with Crippen molar-refractivity contribution in [2.45, 2.75) is 19.9 Å². The molecule has 1 atom stereocenters. The Morgan fingerprint density at radius 1 is 1.06 bits per heavy atom. The van der Waals surface area contributed by atoms with Gasteiger partial charge in [0.2, 0.25) is 0 Å². The molecule has 0 heterocycles. The molecule has 0 aliphatic rings. The van der Waals surface area contributed by atoms with Gasteiger partial charge < -0.3 is 5.73 Å². The molecule has 0 aromatic heterocycles. The first-order valence-electron chi connectivity index (χ1n) is 5.76. The topological polar surface area (TPSA) is 26.0 Å². The molecule has 94 valence electrons. The zero-order valence-electron chi connectivity index (χ0n) is 10.4. The van der Waals surface area contributed by atoms with E-state index in [2.05, 4.69) is 35.0 Å². The van der Waals surface area contributed by atoms with E-state index in [1.54, 1.807) is 0 Å². The number of hydrogen-bond donors (Lipinski definition) is 1. The molecule has 0 aliphatic heterocycles. The van der Waals surface area contributed by atoms with Crippen LogP contribution in [-0.2, 0) is 0 Å². The fourth-order valence-corrected chi connectivity index (χ4v) is 2.63. The molecule has 0 aliphatic carbocycles. The van der Waals surface area contributed by atoms with Crippen molar-refractivity contribution in [2.24, 2.45) is 5.73 Å². The lowest BCUT2D eigenvalue weighted by atomic mass is 9.95. The molecule has 0 bridgehead atoms. The Balaban J connectivity index is 2.41. The van der Waals surface area contributed by atoms with Crippen LogP contribution in [0.4, 0.5) is 0 Å². The first-order valence-corrected chi connectivity index (χ1v) is 6.94. The Hall–Kier alpha value is -0.830. The van der Waals surface area contributed by atoms with E-state index < -0.39 is 0 Å². The average Bonchev–Trinajstić information content (AvgIpc) is 2.32. The second-order valence-electron chi connectivity index (χ2n) is 4.49. The van der Waals surface area contributed by atoms with Crippen molar-refractivity contribution in [3.05, 3.63) is 68.1 Å². The van der Waals surface area contributed by atoms with E-state index in [0.717, 1.165) is 26.2 Å². The van der Waals surface area contributed by atoms with Gasteiger partial charge >= 0.3 is 0 Å². The van der Waals surface area contributed by atoms with E-state index in [0.29, 0.717) is 0 Å². The molecule has 0 amide bonds. The Bertz CT molecular complexity index is 581. The highest BCUT2D eigenvalue weighted by molar-refractivity contribution is 9.10. The number of rotatable bonds is 2. The largest absolute Gasteiger partial charge is 0.320 e. The predicted molar refractivity (Wildman–Crippen MR) is 81.1 cm³/mol. The summed E-state index contributed by atoms with van der Waals surface area (Å²) in [6.45, 7) is 4.05. The van der Waals surface area contributed by atoms with Gasteiger partial charge in [-0.25, -0.2) is 0 Å². The van der Waals surface area contributed by atoms with Gasteiger partial charge in [-0.15, -0.1) is 0 Å². The molecule has 0 radical (unpaired) electrons. The van der Waals surface area contributed by atoms with Crippen molar-refractivity contribution in [3.63, 3.8) is 0 Å². The summed E-state index contributed by atoms with van der Waals surface area (Å²) in [7, 11) is 0. The molecule has 1 nitrogen and oxygen atoms in total. The average molecular weight is 325 g/mol. The Morgan fingerprint density at radius 2 is 1.78 bits per heavy atom. The molecule has 0 fully saturated rings. The van der Waals surface area contributed by atoms with Crippen molar-refractivity contribution in [2.75, 3.05) is 0 Å². The standard InChI is InChI=1S/C15H15BrClN/c1-9-3-4-11(8-14(9)17)15(18)13-6-5-12(16)7-10(13)2/h3-8,15H,18H2,1-2H3. The molecule has 0 spiro atoms. The number of benzene rings is 2. The maximum absolute atomic E-state index is 6.31. The van der Waals surface area contributed by atoms with E-state index in [9.17, 15) is 0 Å². The molecular formula is C15H15BrClN. The van der Waals surface area contributed by atoms with Crippen LogP contribution in [0.5, 0.6) is 0 Å². The maximum Gasteiger partial charge on any atom is 0.0554 e. The fraction of sp³-hybridized carbons (Fsp3) is 0.200. The molecule has 2 N–H and O–H groups in total. The number of hydrogen-bond acceptors (Lipinski definition) is 1. The van der Waals surface area contributed by atoms with Crippen molar-refractivity contribution in [3.8, 4) is 0 Å². The molecule has 2 rings (SSSR count). The van der Waals surface area contributed by atoms with Crippen LogP contribution < -0.4 is 5.73 Å². The highest BCUT2D eigenvalue weighted by atomic mass is 79.9. The Morgan fingerprint density at radius 3 is 2.39 bits per heavy atom. The summed E-state index contributed by atoms with van der Waals surface area (Å²) >= 11 is 9.61. The number of nitrogens with two attached hydrogens (primary N) is 1. The summed E-state index contributed by atoms with van der Waals surface area (Å²) in [6, 6.07) is 12.0. The smallest absolute Gasteiger partial charge is 0.0554 e. The zero-order valence-corrected chi connectivity index (χ0v) is 12.7. The molecule has 2 aromatic rings. The predicted octanol–water partition coefficient (Wildman–Crippen LogP) is 4.77. The third kappa shape index (κ3) is 2.77. The van der Waals surface area contributed by atoms with Gasteiger partial charge in [0.1, 0.15) is 0 Å². The van der Waals surface area contributed by atoms with Crippen LogP contribution in [0.3, 0.4) is 0 Å². The van der Waals surface area contributed by atoms with E-state index >= 15 is 0 Å². The summed E-state index contributed by atoms with van der Waals surface area (Å²) in [5.74, 6) is 0. The second-order valence-corrected chi connectivity index (χ2v) is 5.81. The molecule has 2 aromatic carbocycles. The van der Waals surface area contributed by atoms with Gasteiger partial charge in [0.15, 0.2) is 0 Å². The van der Waals surface area contributed by atoms with Crippen LogP contribution in [0, 0.1) is 13.8 Å². The van der Waals surface area contributed by atoms with Crippen LogP contribution in [0.25, 0.3) is 0 Å². The minimum Gasteiger partial charge on any atom is -0.320 e. The molecule has 18 heavy (non-hydrogen) atoms. The van der Waals surface area contributed by atoms with E-state index in [4.69, 9.17) is 17.3 Å². The quantitative estimate of drug-likeness (QED) is 0.846. The summed E-state index contributed by atoms with van der Waals surface area (Å²) < 4.78 is 1.07. The highest BCUT2D eigenvalue weighted by Gasteiger charge is 2.12. The second kappa shape index (κ2) is 5.43. The maximum atomic E-state index is 6.31. The third-order valence-electron chi connectivity index (χ3n) is 3.12. The number of aryl methyl sites for hydroxylation is 2. The van der Waals surface area contributed by atoms with Crippen LogP contribution in [0.1, 0.15) is 28.3 Å². The first kappa shape index (κ1) is 13.6. The molecule has 0 saturated carbocycles. The SMILES string of the molecule is Cc1ccc(C(N)c2ccc(Br)cc2C)cc1Cl. The summed E-state index contributed by atoms with van der Waals surface area (Å²) in [4.78, 5) is 0. The van der Waals surface area contributed by atoms with Crippen LogP contribution in [0.15, 0.2) is 40.9 Å². The van der Waals surface area contributed by atoms with Crippen molar-refractivity contribution >= 4 is 27.5 Å². The van der Waals surface area contributed by atoms with Crippen LogP contribution in [-0.4, -0.2) is 0 Å². The Labute approximate surface area is 121 Å². The van der Waals surface area contributed by atoms with Crippen LogP contribution in [0.2, 0.25) is 5.02 Å². The summed E-state index contributed by atoms with van der Waals surface area (Å²) in [6.07, 6.45) is 0. The van der Waals surface area contributed by atoms with Crippen molar-refractivity contribution in [1.82, 2.24) is 0 Å². The highest BCUT2D eigenvalue weighted by Crippen LogP contribution is 2.27. The third-order valence-corrected chi connectivity index (χ3v) is 4.02. The normalized spacial score (nSPS) is 12.5. The molecular weight excluding hydrogens is 310 g/mol. The molecule has 0 saturated heterocycles. The van der Waals surface area contributed by atoms with Gasteiger partial charge in [-0.3, -0.25) is 0 Å². The molecule has 3 heteroatoms. The monoisotopic (exact) mass is 323 g/mol. The van der Waals surface area contributed by atoms with Gasteiger partial charge in [0.05, 0.1) is 6.04 Å². The minimum absolute atomic E-state index is 0.142. The number of halogens is 2. The lowest BCUT2D eigenvalue weighted by molar-refractivity contribution is 0.860. The van der Waals surface area contributed by atoms with E-state index in [1.165, 1.54) is 5.56 Å². The van der Waals surface area contributed by atoms with E-state index in [-0.39, 0.29) is 6.04 Å². The molecule has 1 unspecified atom stereocenters. The first-order chi connectivity index (χ1) is 8.49. The summed E-state index contributed by atoms with van der Waals surface area (Å²) in [5, 5.41) is 0.762. The van der Waals surface area contributed by atoms with E-state index in [1.807, 2.05) is 31.2 Å². The van der Waals surface area contributed by atoms with Crippen molar-refractivity contribution < 1.29 is 0 Å². The fourth-order valence-electron chi connectivity index (χ4n) is 1.97. The minimum atomic E-state index is -0.142. The van der Waals surface area contributed by atoms with Gasteiger partial charge in [-0.05, 0) is 54.3 Å². The summed E-state index contributed by atoms with van der Waals surface area (Å²) in [5.41, 5.74) is 10.7. The van der Waals surface area contributed by atoms with Gasteiger partial charge in [-0.2, -0.15) is 0 Å². The van der Waals surface area contributed by atoms with Crippen LogP contribution >= 0.6 is 27.5 Å². The zero-order chi connectivity index (χ0) is 13.3. The lowest BCUT2D eigenvalue weighted by Gasteiger charge is -2.16. The van der Waals surface area contributed by atoms with Gasteiger partial charge in [-0.1, -0.05) is 45.7 Å². The Kier molecular flexibility index (Phi) is 4.10. The van der Waals surface area contributed by atoms with Gasteiger partial charge in [0.25, 0.3) is 0 Å². The van der Waals surface area contributed by atoms with Gasteiger partial charge in [0, 0.05) is 9.50 Å². The lowest BCUT2D eigenvalue weighted by Crippen LogP contribution is -2.13.